The monoisotopic (exact) mass is 290 g/mol. The van der Waals surface area contributed by atoms with Crippen molar-refractivity contribution >= 4 is 17.5 Å². The van der Waals surface area contributed by atoms with Gasteiger partial charge in [-0.1, -0.05) is 0 Å². The van der Waals surface area contributed by atoms with Crippen LogP contribution in [0.2, 0.25) is 0 Å². The second-order valence-electron chi connectivity index (χ2n) is 5.56. The van der Waals surface area contributed by atoms with Gasteiger partial charge in [0.15, 0.2) is 0 Å². The molecule has 0 aromatic heterocycles. The van der Waals surface area contributed by atoms with Gasteiger partial charge in [-0.2, -0.15) is 0 Å². The first-order chi connectivity index (χ1) is 9.99. The normalized spacial score (nSPS) is 20.0. The van der Waals surface area contributed by atoms with E-state index in [4.69, 9.17) is 0 Å². The predicted octanol–water partition coefficient (Wildman–Crippen LogP) is 2.02. The molecule has 0 bridgehead atoms. The van der Waals surface area contributed by atoms with Gasteiger partial charge in [-0.3, -0.25) is 9.59 Å². The highest BCUT2D eigenvalue weighted by atomic mass is 16.3. The second kappa shape index (κ2) is 6.72. The van der Waals surface area contributed by atoms with E-state index >= 15 is 0 Å². The van der Waals surface area contributed by atoms with E-state index in [0.29, 0.717) is 17.8 Å². The van der Waals surface area contributed by atoms with Crippen molar-refractivity contribution in [3.63, 3.8) is 0 Å². The number of nitrogens with zero attached hydrogens (tertiary/aromatic N) is 1. The topological polar surface area (TPSA) is 69.6 Å². The number of carbonyl (C=O) groups is 2. The lowest BCUT2D eigenvalue weighted by molar-refractivity contribution is -0.114. The van der Waals surface area contributed by atoms with Gasteiger partial charge in [-0.15, -0.1) is 0 Å². The molecule has 0 unspecified atom stereocenters. The highest BCUT2D eigenvalue weighted by molar-refractivity contribution is 5.95. The van der Waals surface area contributed by atoms with Crippen LogP contribution in [0.4, 0.5) is 5.69 Å². The zero-order valence-electron chi connectivity index (χ0n) is 12.5. The number of carbonyl (C=O) groups excluding carboxylic acids is 2. The van der Waals surface area contributed by atoms with Crippen LogP contribution in [0, 0.1) is 0 Å². The maximum Gasteiger partial charge on any atom is 0.254 e. The Balaban J connectivity index is 2.12. The Morgan fingerprint density at radius 2 is 1.95 bits per heavy atom. The SMILES string of the molecule is CC(=O)Nc1ccc(C(=O)N2CCCC[C@H]2[C@H](C)O)cc1. The first-order valence-electron chi connectivity index (χ1n) is 7.35. The van der Waals surface area contributed by atoms with Gasteiger partial charge < -0.3 is 15.3 Å². The molecule has 1 aromatic rings. The Labute approximate surface area is 125 Å². The summed E-state index contributed by atoms with van der Waals surface area (Å²) in [6.07, 6.45) is 2.33. The largest absolute Gasteiger partial charge is 0.391 e. The zero-order valence-corrected chi connectivity index (χ0v) is 12.5. The summed E-state index contributed by atoms with van der Waals surface area (Å²) in [5, 5.41) is 12.5. The molecule has 1 aliphatic rings. The fourth-order valence-electron chi connectivity index (χ4n) is 2.78. The molecular weight excluding hydrogens is 268 g/mol. The molecule has 0 aliphatic carbocycles. The lowest BCUT2D eigenvalue weighted by Gasteiger charge is -2.37. The molecule has 21 heavy (non-hydrogen) atoms. The number of nitrogens with one attached hydrogen (secondary N) is 1. The maximum absolute atomic E-state index is 12.6. The molecule has 1 aromatic carbocycles. The van der Waals surface area contributed by atoms with Crippen LogP contribution in [0.5, 0.6) is 0 Å². The minimum absolute atomic E-state index is 0.0602. The van der Waals surface area contributed by atoms with E-state index in [1.165, 1.54) is 6.92 Å². The maximum atomic E-state index is 12.6. The highest BCUT2D eigenvalue weighted by Gasteiger charge is 2.30. The van der Waals surface area contributed by atoms with E-state index in [1.54, 1.807) is 36.1 Å². The lowest BCUT2D eigenvalue weighted by Crippen LogP contribution is -2.48. The molecule has 0 saturated carbocycles. The van der Waals surface area contributed by atoms with Crippen molar-refractivity contribution in [3.8, 4) is 0 Å². The summed E-state index contributed by atoms with van der Waals surface area (Å²) in [5.41, 5.74) is 1.25. The van der Waals surface area contributed by atoms with Gasteiger partial charge >= 0.3 is 0 Å². The summed E-state index contributed by atoms with van der Waals surface area (Å²) >= 11 is 0. The fourth-order valence-corrected chi connectivity index (χ4v) is 2.78. The molecule has 1 heterocycles. The Hall–Kier alpha value is -1.88. The van der Waals surface area contributed by atoms with Gasteiger partial charge in [0.2, 0.25) is 5.91 Å². The lowest BCUT2D eigenvalue weighted by atomic mass is 9.97. The van der Waals surface area contributed by atoms with Crippen LogP contribution in [0.15, 0.2) is 24.3 Å². The van der Waals surface area contributed by atoms with E-state index in [-0.39, 0.29) is 17.9 Å². The third-order valence-electron chi connectivity index (χ3n) is 3.82. The number of aliphatic hydroxyl groups is 1. The number of rotatable bonds is 3. The van der Waals surface area contributed by atoms with Crippen LogP contribution >= 0.6 is 0 Å². The van der Waals surface area contributed by atoms with E-state index in [0.717, 1.165) is 19.3 Å². The van der Waals surface area contributed by atoms with Crippen LogP contribution in [0.1, 0.15) is 43.5 Å². The van der Waals surface area contributed by atoms with Crippen molar-refractivity contribution in [3.05, 3.63) is 29.8 Å². The summed E-state index contributed by atoms with van der Waals surface area (Å²) < 4.78 is 0. The van der Waals surface area contributed by atoms with E-state index in [1.807, 2.05) is 0 Å². The molecule has 2 N–H and O–H groups in total. The van der Waals surface area contributed by atoms with Crippen molar-refractivity contribution < 1.29 is 14.7 Å². The first-order valence-corrected chi connectivity index (χ1v) is 7.35. The number of aliphatic hydroxyl groups excluding tert-OH is 1. The van der Waals surface area contributed by atoms with E-state index < -0.39 is 6.10 Å². The number of hydrogen-bond acceptors (Lipinski definition) is 3. The van der Waals surface area contributed by atoms with Crippen molar-refractivity contribution in [2.24, 2.45) is 0 Å². The highest BCUT2D eigenvalue weighted by Crippen LogP contribution is 2.22. The van der Waals surface area contributed by atoms with E-state index in [2.05, 4.69) is 5.32 Å². The molecule has 1 aliphatic heterocycles. The molecule has 114 valence electrons. The number of piperidine rings is 1. The molecule has 1 fully saturated rings. The van der Waals surface area contributed by atoms with Crippen LogP contribution < -0.4 is 5.32 Å². The molecule has 5 nitrogen and oxygen atoms in total. The summed E-state index contributed by atoms with van der Waals surface area (Å²) in [5.74, 6) is -0.200. The predicted molar refractivity (Wildman–Crippen MR) is 81.1 cm³/mol. The van der Waals surface area contributed by atoms with Crippen molar-refractivity contribution in [2.45, 2.75) is 45.3 Å². The van der Waals surface area contributed by atoms with E-state index in [9.17, 15) is 14.7 Å². The third kappa shape index (κ3) is 3.82. The van der Waals surface area contributed by atoms with Crippen LogP contribution in [0.25, 0.3) is 0 Å². The third-order valence-corrected chi connectivity index (χ3v) is 3.82. The summed E-state index contributed by atoms with van der Waals surface area (Å²) in [6, 6.07) is 6.75. The summed E-state index contributed by atoms with van der Waals surface area (Å²) in [4.78, 5) is 25.3. The Morgan fingerprint density at radius 3 is 2.52 bits per heavy atom. The average molecular weight is 290 g/mol. The van der Waals surface area contributed by atoms with Gasteiger partial charge in [-0.25, -0.2) is 0 Å². The fraction of sp³-hybridized carbons (Fsp3) is 0.500. The number of amides is 2. The quantitative estimate of drug-likeness (QED) is 0.894. The molecule has 0 radical (unpaired) electrons. The van der Waals surface area contributed by atoms with Gasteiger partial charge in [0.05, 0.1) is 12.1 Å². The standard InChI is InChI=1S/C16H22N2O3/c1-11(19)15-5-3-4-10-18(15)16(21)13-6-8-14(9-7-13)17-12(2)20/h6-9,11,15,19H,3-5,10H2,1-2H3,(H,17,20)/t11-,15-/m0/s1. The molecule has 5 heteroatoms. The number of anilines is 1. The van der Waals surface area contributed by atoms with Crippen molar-refractivity contribution in [1.82, 2.24) is 4.90 Å². The van der Waals surface area contributed by atoms with Crippen LogP contribution in [0.3, 0.4) is 0 Å². The molecule has 2 rings (SSSR count). The van der Waals surface area contributed by atoms with Gasteiger partial charge in [0.25, 0.3) is 5.91 Å². The average Bonchev–Trinajstić information content (AvgIpc) is 2.46. The second-order valence-corrected chi connectivity index (χ2v) is 5.56. The Morgan fingerprint density at radius 1 is 1.29 bits per heavy atom. The minimum Gasteiger partial charge on any atom is -0.391 e. The molecule has 0 spiro atoms. The summed E-state index contributed by atoms with van der Waals surface area (Å²) in [6.45, 7) is 3.86. The molecule has 2 amide bonds. The molecular formula is C16H22N2O3. The van der Waals surface area contributed by atoms with Gasteiger partial charge in [0, 0.05) is 24.7 Å². The summed E-state index contributed by atoms with van der Waals surface area (Å²) in [7, 11) is 0. The smallest absolute Gasteiger partial charge is 0.254 e. The molecule has 1 saturated heterocycles. The molecule has 2 atom stereocenters. The van der Waals surface area contributed by atoms with Gasteiger partial charge in [0.1, 0.15) is 0 Å². The van der Waals surface area contributed by atoms with Crippen molar-refractivity contribution in [1.29, 1.82) is 0 Å². The van der Waals surface area contributed by atoms with Gasteiger partial charge in [-0.05, 0) is 50.5 Å². The minimum atomic E-state index is -0.520. The van der Waals surface area contributed by atoms with Crippen LogP contribution in [-0.4, -0.2) is 40.5 Å². The number of hydrogen-bond donors (Lipinski definition) is 2. The number of likely N-dealkylation sites (tertiary alicyclic amines) is 1. The number of benzene rings is 1. The zero-order chi connectivity index (χ0) is 15.4. The Bertz CT molecular complexity index is 511. The van der Waals surface area contributed by atoms with Crippen LogP contribution in [-0.2, 0) is 4.79 Å². The van der Waals surface area contributed by atoms with Crippen molar-refractivity contribution in [2.75, 3.05) is 11.9 Å². The first kappa shape index (κ1) is 15.5. The Kier molecular flexibility index (Phi) is 4.96.